The fourth-order valence-corrected chi connectivity index (χ4v) is 1.67. The van der Waals surface area contributed by atoms with Crippen LogP contribution >= 0.6 is 0 Å². The number of hydrogen-bond acceptors (Lipinski definition) is 3. The molecule has 1 aromatic carbocycles. The third-order valence-corrected chi connectivity index (χ3v) is 2.36. The lowest BCUT2D eigenvalue weighted by atomic mass is 10.0. The second kappa shape index (κ2) is 4.33. The molecule has 1 heterocycles. The van der Waals surface area contributed by atoms with E-state index in [0.717, 1.165) is 18.7 Å². The van der Waals surface area contributed by atoms with Gasteiger partial charge in [0.2, 0.25) is 0 Å². The lowest BCUT2D eigenvalue weighted by molar-refractivity contribution is 0.0511. The topological polar surface area (TPSA) is 30.5 Å². The van der Waals surface area contributed by atoms with Crippen LogP contribution in [0.2, 0.25) is 0 Å². The van der Waals surface area contributed by atoms with Crippen LogP contribution < -0.4 is 10.1 Å². The molecule has 3 nitrogen and oxygen atoms in total. The predicted octanol–water partition coefficient (Wildman–Crippen LogP) is 2.03. The molecule has 2 rings (SSSR count). The van der Waals surface area contributed by atoms with Gasteiger partial charge in [0.1, 0.15) is 5.75 Å². The molecular weight excluding hydrogens is 178 g/mol. The first-order chi connectivity index (χ1) is 6.90. The molecule has 0 aliphatic carbocycles. The van der Waals surface area contributed by atoms with Crippen LogP contribution in [0.5, 0.6) is 5.75 Å². The van der Waals surface area contributed by atoms with E-state index in [1.807, 2.05) is 6.07 Å². The Labute approximate surface area is 84.0 Å². The molecule has 1 N–H and O–H groups in total. The van der Waals surface area contributed by atoms with Gasteiger partial charge in [-0.25, -0.2) is 0 Å². The van der Waals surface area contributed by atoms with Crippen LogP contribution in [0, 0.1) is 0 Å². The second-order valence-corrected chi connectivity index (χ2v) is 3.40. The third kappa shape index (κ3) is 1.99. The van der Waals surface area contributed by atoms with Gasteiger partial charge >= 0.3 is 0 Å². The first-order valence-electron chi connectivity index (χ1n) is 4.88. The average Bonchev–Trinajstić information content (AvgIpc) is 2.26. The Bertz CT molecular complexity index is 312. The Balaban J connectivity index is 2.12. The summed E-state index contributed by atoms with van der Waals surface area (Å²) in [6, 6.07) is 6.12. The first-order valence-corrected chi connectivity index (χ1v) is 4.88. The predicted molar refractivity (Wildman–Crippen MR) is 55.8 cm³/mol. The minimum Gasteiger partial charge on any atom is -0.468 e. The fourth-order valence-electron chi connectivity index (χ4n) is 1.67. The van der Waals surface area contributed by atoms with Crippen LogP contribution in [0.25, 0.3) is 0 Å². The zero-order valence-corrected chi connectivity index (χ0v) is 8.38. The molecule has 0 atom stereocenters. The lowest BCUT2D eigenvalue weighted by Crippen LogP contribution is -2.11. The number of rotatable bonds is 3. The van der Waals surface area contributed by atoms with E-state index >= 15 is 0 Å². The molecular formula is C11H15NO2. The quantitative estimate of drug-likeness (QED) is 0.745. The van der Waals surface area contributed by atoms with Crippen molar-refractivity contribution in [3.05, 3.63) is 23.8 Å². The zero-order chi connectivity index (χ0) is 9.80. The molecule has 0 saturated carbocycles. The highest BCUT2D eigenvalue weighted by Gasteiger charge is 2.08. The summed E-state index contributed by atoms with van der Waals surface area (Å²) in [7, 11) is 1.62. The molecule has 0 fully saturated rings. The van der Waals surface area contributed by atoms with Gasteiger partial charge in [-0.15, -0.1) is 0 Å². The molecule has 3 heteroatoms. The van der Waals surface area contributed by atoms with Crippen molar-refractivity contribution < 1.29 is 9.47 Å². The number of hydrogen-bond donors (Lipinski definition) is 1. The van der Waals surface area contributed by atoms with E-state index < -0.39 is 0 Å². The van der Waals surface area contributed by atoms with E-state index in [2.05, 4.69) is 17.4 Å². The lowest BCUT2D eigenvalue weighted by Gasteiger charge is -2.18. The maximum absolute atomic E-state index is 5.37. The summed E-state index contributed by atoms with van der Waals surface area (Å²) in [6.45, 7) is 1.39. The number of anilines is 1. The number of benzene rings is 1. The van der Waals surface area contributed by atoms with Crippen LogP contribution in [0.4, 0.5) is 5.69 Å². The SMILES string of the molecule is COCOc1ccc2c(c1)CCCN2. The number of fused-ring (bicyclic) bond motifs is 1. The standard InChI is InChI=1S/C11H15NO2/c1-13-8-14-10-4-5-11-9(7-10)3-2-6-12-11/h4-5,7,12H,2-3,6,8H2,1H3. The number of aryl methyl sites for hydroxylation is 1. The summed E-state index contributed by atoms with van der Waals surface area (Å²) >= 11 is 0. The van der Waals surface area contributed by atoms with Crippen LogP contribution in [0.15, 0.2) is 18.2 Å². The van der Waals surface area contributed by atoms with Gasteiger partial charge in [-0.3, -0.25) is 0 Å². The minimum absolute atomic E-state index is 0.312. The maximum Gasteiger partial charge on any atom is 0.188 e. The molecule has 1 aromatic rings. The van der Waals surface area contributed by atoms with Gasteiger partial charge in [0.05, 0.1) is 0 Å². The molecule has 1 aliphatic heterocycles. The van der Waals surface area contributed by atoms with Gasteiger partial charge in [0.15, 0.2) is 6.79 Å². The van der Waals surface area contributed by atoms with Gasteiger partial charge in [-0.2, -0.15) is 0 Å². The van der Waals surface area contributed by atoms with Crippen LogP contribution in [-0.2, 0) is 11.2 Å². The average molecular weight is 193 g/mol. The van der Waals surface area contributed by atoms with Crippen molar-refractivity contribution in [1.29, 1.82) is 0 Å². The molecule has 0 radical (unpaired) electrons. The highest BCUT2D eigenvalue weighted by molar-refractivity contribution is 5.55. The van der Waals surface area contributed by atoms with Gasteiger partial charge in [0, 0.05) is 19.3 Å². The second-order valence-electron chi connectivity index (χ2n) is 3.40. The van der Waals surface area contributed by atoms with E-state index in [1.165, 1.54) is 17.7 Å². The Morgan fingerprint density at radius 3 is 3.21 bits per heavy atom. The minimum atomic E-state index is 0.312. The largest absolute Gasteiger partial charge is 0.468 e. The highest BCUT2D eigenvalue weighted by Crippen LogP contribution is 2.26. The summed E-state index contributed by atoms with van der Waals surface area (Å²) in [5.74, 6) is 0.884. The molecule has 14 heavy (non-hydrogen) atoms. The Morgan fingerprint density at radius 1 is 1.43 bits per heavy atom. The zero-order valence-electron chi connectivity index (χ0n) is 8.38. The fraction of sp³-hybridized carbons (Fsp3) is 0.455. The van der Waals surface area contributed by atoms with E-state index in [1.54, 1.807) is 7.11 Å². The summed E-state index contributed by atoms with van der Waals surface area (Å²) in [4.78, 5) is 0. The summed E-state index contributed by atoms with van der Waals surface area (Å²) in [6.07, 6.45) is 2.33. The summed E-state index contributed by atoms with van der Waals surface area (Å²) < 4.78 is 10.2. The molecule has 0 spiro atoms. The van der Waals surface area contributed by atoms with Crippen LogP contribution in [0.1, 0.15) is 12.0 Å². The van der Waals surface area contributed by atoms with Gasteiger partial charge in [-0.1, -0.05) is 0 Å². The van der Waals surface area contributed by atoms with Crippen molar-refractivity contribution in [1.82, 2.24) is 0 Å². The van der Waals surface area contributed by atoms with Crippen molar-refractivity contribution in [2.45, 2.75) is 12.8 Å². The molecule has 0 aromatic heterocycles. The summed E-state index contributed by atoms with van der Waals surface area (Å²) in [5, 5.41) is 3.36. The Hall–Kier alpha value is -1.22. The van der Waals surface area contributed by atoms with Gasteiger partial charge in [-0.05, 0) is 36.6 Å². The molecule has 0 amide bonds. The molecule has 0 bridgehead atoms. The Morgan fingerprint density at radius 2 is 2.36 bits per heavy atom. The third-order valence-electron chi connectivity index (χ3n) is 2.36. The highest BCUT2D eigenvalue weighted by atomic mass is 16.7. The smallest absolute Gasteiger partial charge is 0.188 e. The van der Waals surface area contributed by atoms with Crippen molar-refractivity contribution in [3.63, 3.8) is 0 Å². The molecule has 0 unspecified atom stereocenters. The van der Waals surface area contributed by atoms with Gasteiger partial charge < -0.3 is 14.8 Å². The Kier molecular flexibility index (Phi) is 2.89. The number of ether oxygens (including phenoxy) is 2. The van der Waals surface area contributed by atoms with Crippen LogP contribution in [-0.4, -0.2) is 20.4 Å². The van der Waals surface area contributed by atoms with Crippen molar-refractivity contribution in [2.24, 2.45) is 0 Å². The van der Waals surface area contributed by atoms with Crippen molar-refractivity contribution in [2.75, 3.05) is 25.8 Å². The number of nitrogens with one attached hydrogen (secondary N) is 1. The van der Waals surface area contributed by atoms with E-state index in [0.29, 0.717) is 6.79 Å². The van der Waals surface area contributed by atoms with Gasteiger partial charge in [0.25, 0.3) is 0 Å². The normalized spacial score (nSPS) is 14.4. The maximum atomic E-state index is 5.37. The number of methoxy groups -OCH3 is 1. The van der Waals surface area contributed by atoms with E-state index in [4.69, 9.17) is 9.47 Å². The molecule has 1 aliphatic rings. The van der Waals surface area contributed by atoms with E-state index in [-0.39, 0.29) is 0 Å². The van der Waals surface area contributed by atoms with Crippen molar-refractivity contribution >= 4 is 5.69 Å². The van der Waals surface area contributed by atoms with Crippen molar-refractivity contribution in [3.8, 4) is 5.75 Å². The van der Waals surface area contributed by atoms with Crippen LogP contribution in [0.3, 0.4) is 0 Å². The monoisotopic (exact) mass is 193 g/mol. The van der Waals surface area contributed by atoms with E-state index in [9.17, 15) is 0 Å². The molecule has 76 valence electrons. The summed E-state index contributed by atoms with van der Waals surface area (Å²) in [5.41, 5.74) is 2.57. The molecule has 0 saturated heterocycles. The first kappa shape index (κ1) is 9.34.